The Balaban J connectivity index is 2.29. The lowest BCUT2D eigenvalue weighted by Gasteiger charge is -2.25. The molecule has 1 unspecified atom stereocenters. The van der Waals surface area contributed by atoms with Crippen molar-refractivity contribution in [2.45, 2.75) is 25.7 Å². The predicted molar refractivity (Wildman–Crippen MR) is 67.6 cm³/mol. The first-order valence-electron chi connectivity index (χ1n) is 5.77. The van der Waals surface area contributed by atoms with E-state index in [0.29, 0.717) is 10.9 Å². The van der Waals surface area contributed by atoms with Crippen LogP contribution in [0.1, 0.15) is 29.9 Å². The van der Waals surface area contributed by atoms with Gasteiger partial charge in [0.1, 0.15) is 5.75 Å². The number of ether oxygens (including phenoxy) is 1. The van der Waals surface area contributed by atoms with Crippen molar-refractivity contribution in [3.63, 3.8) is 0 Å². The molecule has 1 fully saturated rings. The predicted octanol–water partition coefficient (Wildman–Crippen LogP) is 3.12. The van der Waals surface area contributed by atoms with Crippen LogP contribution in [0.2, 0.25) is 5.02 Å². The zero-order chi connectivity index (χ0) is 11.5. The highest BCUT2D eigenvalue weighted by Gasteiger charge is 2.18. The molecule has 0 aromatic heterocycles. The van der Waals surface area contributed by atoms with E-state index < -0.39 is 0 Å². The molecule has 0 radical (unpaired) electrons. The van der Waals surface area contributed by atoms with E-state index in [2.05, 4.69) is 18.3 Å². The lowest BCUT2D eigenvalue weighted by atomic mass is 9.89. The van der Waals surface area contributed by atoms with Crippen LogP contribution >= 0.6 is 11.6 Å². The molecule has 0 spiro atoms. The molecule has 2 rings (SSSR count). The molecule has 0 aliphatic carbocycles. The Labute approximate surface area is 102 Å². The molecule has 16 heavy (non-hydrogen) atoms. The third kappa shape index (κ3) is 2.33. The third-order valence-electron chi connectivity index (χ3n) is 3.28. The van der Waals surface area contributed by atoms with Gasteiger partial charge in [-0.25, -0.2) is 0 Å². The largest absolute Gasteiger partial charge is 0.495 e. The number of rotatable bonds is 2. The van der Waals surface area contributed by atoms with Crippen LogP contribution in [0.15, 0.2) is 12.1 Å². The molecule has 2 nitrogen and oxygen atoms in total. The standard InChI is InChI=1S/C13H18ClNO/c1-9-6-13(16-2)12(14)7-11(9)10-4-3-5-15-8-10/h6-7,10,15H,3-5,8H2,1-2H3. The summed E-state index contributed by atoms with van der Waals surface area (Å²) in [5, 5.41) is 4.15. The van der Waals surface area contributed by atoms with Crippen molar-refractivity contribution in [2.24, 2.45) is 0 Å². The molecule has 3 heteroatoms. The first-order valence-corrected chi connectivity index (χ1v) is 6.15. The summed E-state index contributed by atoms with van der Waals surface area (Å²) in [4.78, 5) is 0. The molecule has 0 bridgehead atoms. The molecule has 0 amide bonds. The molecule has 0 saturated carbocycles. The summed E-state index contributed by atoms with van der Waals surface area (Å²) < 4.78 is 5.22. The smallest absolute Gasteiger partial charge is 0.137 e. The second kappa shape index (κ2) is 5.07. The minimum Gasteiger partial charge on any atom is -0.495 e. The Morgan fingerprint density at radius 1 is 1.44 bits per heavy atom. The summed E-state index contributed by atoms with van der Waals surface area (Å²) in [5.74, 6) is 1.36. The molecule has 1 atom stereocenters. The van der Waals surface area contributed by atoms with E-state index in [9.17, 15) is 0 Å². The Bertz CT molecular complexity index is 372. The van der Waals surface area contributed by atoms with Crippen molar-refractivity contribution < 1.29 is 4.74 Å². The Morgan fingerprint density at radius 2 is 2.25 bits per heavy atom. The molecule has 1 N–H and O–H groups in total. The summed E-state index contributed by atoms with van der Waals surface area (Å²) in [5.41, 5.74) is 2.63. The molecule has 88 valence electrons. The highest BCUT2D eigenvalue weighted by molar-refractivity contribution is 6.32. The molecule has 1 heterocycles. The second-order valence-electron chi connectivity index (χ2n) is 4.39. The van der Waals surface area contributed by atoms with Gasteiger partial charge in [0.25, 0.3) is 0 Å². The molecule has 1 aliphatic rings. The highest BCUT2D eigenvalue weighted by atomic mass is 35.5. The summed E-state index contributed by atoms with van der Waals surface area (Å²) in [6, 6.07) is 4.10. The first-order chi connectivity index (χ1) is 7.72. The maximum atomic E-state index is 6.18. The minimum atomic E-state index is 0.595. The summed E-state index contributed by atoms with van der Waals surface area (Å²) in [7, 11) is 1.66. The van der Waals surface area contributed by atoms with Gasteiger partial charge in [-0.3, -0.25) is 0 Å². The molecule has 1 aromatic rings. The van der Waals surface area contributed by atoms with E-state index in [-0.39, 0.29) is 0 Å². The van der Waals surface area contributed by atoms with Gasteiger partial charge in [0.15, 0.2) is 0 Å². The van der Waals surface area contributed by atoms with Crippen LogP contribution in [0.5, 0.6) is 5.75 Å². The van der Waals surface area contributed by atoms with Crippen molar-refractivity contribution in [3.8, 4) is 5.75 Å². The Hall–Kier alpha value is -0.730. The van der Waals surface area contributed by atoms with Crippen LogP contribution in [-0.4, -0.2) is 20.2 Å². The van der Waals surface area contributed by atoms with Crippen LogP contribution in [0, 0.1) is 6.92 Å². The van der Waals surface area contributed by atoms with Gasteiger partial charge in [-0.15, -0.1) is 0 Å². The third-order valence-corrected chi connectivity index (χ3v) is 3.57. The normalized spacial score (nSPS) is 20.8. The summed E-state index contributed by atoms with van der Waals surface area (Å²) in [6.45, 7) is 4.33. The van der Waals surface area contributed by atoms with E-state index >= 15 is 0 Å². The monoisotopic (exact) mass is 239 g/mol. The average molecular weight is 240 g/mol. The van der Waals surface area contributed by atoms with E-state index in [1.165, 1.54) is 24.0 Å². The lowest BCUT2D eigenvalue weighted by molar-refractivity contribution is 0.413. The topological polar surface area (TPSA) is 21.3 Å². The Morgan fingerprint density at radius 3 is 2.88 bits per heavy atom. The van der Waals surface area contributed by atoms with Crippen LogP contribution < -0.4 is 10.1 Å². The van der Waals surface area contributed by atoms with Crippen molar-refractivity contribution in [1.29, 1.82) is 0 Å². The van der Waals surface area contributed by atoms with Crippen molar-refractivity contribution in [1.82, 2.24) is 5.32 Å². The van der Waals surface area contributed by atoms with E-state index in [4.69, 9.17) is 16.3 Å². The average Bonchev–Trinajstić information content (AvgIpc) is 2.32. The fourth-order valence-corrected chi connectivity index (χ4v) is 2.63. The van der Waals surface area contributed by atoms with E-state index in [1.807, 2.05) is 6.07 Å². The van der Waals surface area contributed by atoms with Gasteiger partial charge < -0.3 is 10.1 Å². The van der Waals surface area contributed by atoms with Crippen LogP contribution in [0.25, 0.3) is 0 Å². The lowest BCUT2D eigenvalue weighted by Crippen LogP contribution is -2.28. The first kappa shape index (κ1) is 11.7. The summed E-state index contributed by atoms with van der Waals surface area (Å²) >= 11 is 6.18. The highest BCUT2D eigenvalue weighted by Crippen LogP contribution is 2.33. The van der Waals surface area contributed by atoms with Gasteiger partial charge in [0.05, 0.1) is 12.1 Å². The molecular weight excluding hydrogens is 222 g/mol. The van der Waals surface area contributed by atoms with Gasteiger partial charge >= 0.3 is 0 Å². The molecular formula is C13H18ClNO. The maximum absolute atomic E-state index is 6.18. The molecule has 1 aliphatic heterocycles. The van der Waals surface area contributed by atoms with Crippen molar-refractivity contribution in [3.05, 3.63) is 28.3 Å². The van der Waals surface area contributed by atoms with Gasteiger partial charge in [0.2, 0.25) is 0 Å². The number of piperidine rings is 1. The molecule has 1 aromatic carbocycles. The second-order valence-corrected chi connectivity index (χ2v) is 4.79. The fraction of sp³-hybridized carbons (Fsp3) is 0.538. The van der Waals surface area contributed by atoms with Crippen LogP contribution in [0.4, 0.5) is 0 Å². The number of nitrogens with one attached hydrogen (secondary N) is 1. The SMILES string of the molecule is COc1cc(C)c(C2CCCNC2)cc1Cl. The number of hydrogen-bond acceptors (Lipinski definition) is 2. The number of halogens is 1. The van der Waals surface area contributed by atoms with Gasteiger partial charge in [-0.1, -0.05) is 11.6 Å². The number of benzene rings is 1. The number of methoxy groups -OCH3 is 1. The van der Waals surface area contributed by atoms with Gasteiger partial charge in [-0.2, -0.15) is 0 Å². The minimum absolute atomic E-state index is 0.595. The molecule has 1 saturated heterocycles. The fourth-order valence-electron chi connectivity index (χ4n) is 2.38. The van der Waals surface area contributed by atoms with Crippen molar-refractivity contribution >= 4 is 11.6 Å². The zero-order valence-electron chi connectivity index (χ0n) is 9.85. The summed E-state index contributed by atoms with van der Waals surface area (Å²) in [6.07, 6.45) is 2.49. The van der Waals surface area contributed by atoms with Crippen molar-refractivity contribution in [2.75, 3.05) is 20.2 Å². The number of aryl methyl sites for hydroxylation is 1. The van der Waals surface area contributed by atoms with Crippen LogP contribution in [0.3, 0.4) is 0 Å². The van der Waals surface area contributed by atoms with E-state index in [0.717, 1.165) is 18.8 Å². The quantitative estimate of drug-likeness (QED) is 0.856. The van der Waals surface area contributed by atoms with Gasteiger partial charge in [-0.05, 0) is 55.5 Å². The van der Waals surface area contributed by atoms with Gasteiger partial charge in [0, 0.05) is 6.54 Å². The van der Waals surface area contributed by atoms with Crippen LogP contribution in [-0.2, 0) is 0 Å². The number of hydrogen-bond donors (Lipinski definition) is 1. The maximum Gasteiger partial charge on any atom is 0.137 e. The zero-order valence-corrected chi connectivity index (χ0v) is 10.6. The van der Waals surface area contributed by atoms with E-state index in [1.54, 1.807) is 7.11 Å². The Kier molecular flexibility index (Phi) is 3.72.